The maximum Gasteiger partial charge on any atom is 0.0449 e. The summed E-state index contributed by atoms with van der Waals surface area (Å²) in [5.74, 6) is 0. The normalized spacial score (nSPS) is 12.3. The van der Waals surface area contributed by atoms with Gasteiger partial charge in [0.15, 0.2) is 0 Å². The van der Waals surface area contributed by atoms with Crippen LogP contribution >= 0.6 is 27.5 Å². The zero-order chi connectivity index (χ0) is 15.1. The third-order valence-corrected chi connectivity index (χ3v) is 4.29. The predicted molar refractivity (Wildman–Crippen MR) is 92.9 cm³/mol. The lowest BCUT2D eigenvalue weighted by Gasteiger charge is -2.18. The molecule has 0 fully saturated rings. The third-order valence-electron chi connectivity index (χ3n) is 3.45. The van der Waals surface area contributed by atoms with Crippen LogP contribution in [0.25, 0.3) is 0 Å². The van der Waals surface area contributed by atoms with Gasteiger partial charge in [-0.15, -0.1) is 0 Å². The third kappa shape index (κ3) is 5.42. The van der Waals surface area contributed by atoms with Crippen molar-refractivity contribution < 1.29 is 0 Å². The molecular formula is C17H20BrClN2. The van der Waals surface area contributed by atoms with E-state index in [1.165, 1.54) is 5.56 Å². The van der Waals surface area contributed by atoms with E-state index in [4.69, 9.17) is 11.6 Å². The first-order chi connectivity index (χ1) is 10.2. The Hall–Kier alpha value is -0.900. The molecule has 1 heterocycles. The van der Waals surface area contributed by atoms with Gasteiger partial charge in [-0.3, -0.25) is 4.98 Å². The van der Waals surface area contributed by atoms with Crippen molar-refractivity contribution in [3.8, 4) is 0 Å². The van der Waals surface area contributed by atoms with Crippen LogP contribution in [0.15, 0.2) is 47.1 Å². The van der Waals surface area contributed by atoms with Crippen molar-refractivity contribution in [2.75, 3.05) is 6.54 Å². The summed E-state index contributed by atoms with van der Waals surface area (Å²) < 4.78 is 1.02. The number of nitrogens with one attached hydrogen (secondary N) is 1. The van der Waals surface area contributed by atoms with Crippen molar-refractivity contribution in [1.82, 2.24) is 10.3 Å². The number of hydrogen-bond donors (Lipinski definition) is 1. The fourth-order valence-electron chi connectivity index (χ4n) is 2.39. The van der Waals surface area contributed by atoms with Gasteiger partial charge in [0.25, 0.3) is 0 Å². The van der Waals surface area contributed by atoms with Crippen LogP contribution in [0.5, 0.6) is 0 Å². The van der Waals surface area contributed by atoms with Crippen LogP contribution in [0.3, 0.4) is 0 Å². The highest BCUT2D eigenvalue weighted by Gasteiger charge is 2.11. The Morgan fingerprint density at radius 1 is 1.29 bits per heavy atom. The molecule has 0 radical (unpaired) electrons. The molecule has 112 valence electrons. The van der Waals surface area contributed by atoms with Crippen molar-refractivity contribution >= 4 is 27.5 Å². The molecule has 2 aromatic rings. The van der Waals surface area contributed by atoms with Crippen LogP contribution in [-0.4, -0.2) is 17.6 Å². The Morgan fingerprint density at radius 2 is 2.14 bits per heavy atom. The summed E-state index contributed by atoms with van der Waals surface area (Å²) in [7, 11) is 0. The molecule has 21 heavy (non-hydrogen) atoms. The second kappa shape index (κ2) is 8.52. The smallest absolute Gasteiger partial charge is 0.0449 e. The van der Waals surface area contributed by atoms with E-state index in [0.29, 0.717) is 6.04 Å². The highest BCUT2D eigenvalue weighted by molar-refractivity contribution is 9.10. The zero-order valence-electron chi connectivity index (χ0n) is 12.2. The molecule has 0 aliphatic heterocycles. The SMILES string of the molecule is CCNC(CCc1ccccn1)Cc1ccc(Br)cc1Cl. The lowest BCUT2D eigenvalue weighted by molar-refractivity contribution is 0.489. The molecule has 0 saturated heterocycles. The Bertz CT molecular complexity index is 560. The number of halogens is 2. The molecule has 1 N–H and O–H groups in total. The first-order valence-electron chi connectivity index (χ1n) is 7.26. The Morgan fingerprint density at radius 3 is 2.81 bits per heavy atom. The highest BCUT2D eigenvalue weighted by atomic mass is 79.9. The average molecular weight is 368 g/mol. The van der Waals surface area contributed by atoms with Gasteiger partial charge >= 0.3 is 0 Å². The largest absolute Gasteiger partial charge is 0.314 e. The van der Waals surface area contributed by atoms with Gasteiger partial charge in [-0.25, -0.2) is 0 Å². The van der Waals surface area contributed by atoms with Gasteiger partial charge < -0.3 is 5.32 Å². The van der Waals surface area contributed by atoms with E-state index in [-0.39, 0.29) is 0 Å². The van der Waals surface area contributed by atoms with Crippen molar-refractivity contribution in [1.29, 1.82) is 0 Å². The van der Waals surface area contributed by atoms with Gasteiger partial charge in [-0.2, -0.15) is 0 Å². The van der Waals surface area contributed by atoms with Gasteiger partial charge in [-0.05, 0) is 55.6 Å². The first-order valence-corrected chi connectivity index (χ1v) is 8.43. The van der Waals surface area contributed by atoms with E-state index < -0.39 is 0 Å². The van der Waals surface area contributed by atoms with E-state index >= 15 is 0 Å². The molecule has 0 aliphatic rings. The Kier molecular flexibility index (Phi) is 6.68. The van der Waals surface area contributed by atoms with Gasteiger partial charge in [0.1, 0.15) is 0 Å². The summed E-state index contributed by atoms with van der Waals surface area (Å²) in [6.45, 7) is 3.10. The van der Waals surface area contributed by atoms with Gasteiger partial charge in [0.05, 0.1) is 0 Å². The molecule has 0 saturated carbocycles. The van der Waals surface area contributed by atoms with E-state index in [2.05, 4.69) is 45.3 Å². The lowest BCUT2D eigenvalue weighted by atomic mass is 10.0. The second-order valence-corrected chi connectivity index (χ2v) is 6.38. The number of nitrogens with zero attached hydrogens (tertiary/aromatic N) is 1. The molecule has 1 unspecified atom stereocenters. The maximum atomic E-state index is 6.32. The van der Waals surface area contributed by atoms with E-state index in [1.54, 1.807) is 0 Å². The average Bonchev–Trinajstić information content (AvgIpc) is 2.49. The Balaban J connectivity index is 1.98. The zero-order valence-corrected chi connectivity index (χ0v) is 14.5. The van der Waals surface area contributed by atoms with E-state index in [0.717, 1.165) is 41.0 Å². The van der Waals surface area contributed by atoms with Gasteiger partial charge in [-0.1, -0.05) is 46.6 Å². The van der Waals surface area contributed by atoms with Gasteiger partial charge in [0.2, 0.25) is 0 Å². The van der Waals surface area contributed by atoms with Gasteiger partial charge in [0, 0.05) is 27.4 Å². The molecule has 0 spiro atoms. The molecule has 1 aromatic heterocycles. The molecule has 0 bridgehead atoms. The second-order valence-electron chi connectivity index (χ2n) is 5.05. The van der Waals surface area contributed by atoms with Crippen molar-refractivity contribution in [3.63, 3.8) is 0 Å². The van der Waals surface area contributed by atoms with Crippen LogP contribution in [0.4, 0.5) is 0 Å². The number of aromatic nitrogens is 1. The molecule has 0 aliphatic carbocycles. The summed E-state index contributed by atoms with van der Waals surface area (Å²) in [5, 5.41) is 4.37. The van der Waals surface area contributed by atoms with Crippen LogP contribution in [0, 0.1) is 0 Å². The standard InChI is InChI=1S/C17H20BrClN2/c1-2-20-16(9-8-15-5-3-4-10-21-15)11-13-6-7-14(18)12-17(13)19/h3-7,10,12,16,20H,2,8-9,11H2,1H3. The summed E-state index contributed by atoms with van der Waals surface area (Å²) >= 11 is 9.77. The highest BCUT2D eigenvalue weighted by Crippen LogP contribution is 2.23. The summed E-state index contributed by atoms with van der Waals surface area (Å²) in [6, 6.07) is 12.6. The molecule has 0 amide bonds. The molecular weight excluding hydrogens is 348 g/mol. The number of benzene rings is 1. The Labute approximate surface area is 140 Å². The summed E-state index contributed by atoms with van der Waals surface area (Å²) in [6.07, 6.45) is 4.82. The number of likely N-dealkylation sites (N-methyl/N-ethyl adjacent to an activating group) is 1. The molecule has 4 heteroatoms. The number of aryl methyl sites for hydroxylation is 1. The van der Waals surface area contributed by atoms with Crippen LogP contribution in [0.2, 0.25) is 5.02 Å². The van der Waals surface area contributed by atoms with E-state index in [1.807, 2.05) is 30.5 Å². The minimum absolute atomic E-state index is 0.413. The molecule has 1 atom stereocenters. The molecule has 2 rings (SSSR count). The lowest BCUT2D eigenvalue weighted by Crippen LogP contribution is -2.31. The van der Waals surface area contributed by atoms with Crippen molar-refractivity contribution in [3.05, 3.63) is 63.3 Å². The molecule has 1 aromatic carbocycles. The quantitative estimate of drug-likeness (QED) is 0.770. The maximum absolute atomic E-state index is 6.32. The molecule has 2 nitrogen and oxygen atoms in total. The fraction of sp³-hybridized carbons (Fsp3) is 0.353. The number of pyridine rings is 1. The van der Waals surface area contributed by atoms with Crippen LogP contribution in [-0.2, 0) is 12.8 Å². The minimum Gasteiger partial charge on any atom is -0.314 e. The van der Waals surface area contributed by atoms with Crippen LogP contribution < -0.4 is 5.32 Å². The number of rotatable bonds is 7. The topological polar surface area (TPSA) is 24.9 Å². The van der Waals surface area contributed by atoms with E-state index in [9.17, 15) is 0 Å². The monoisotopic (exact) mass is 366 g/mol. The summed E-state index contributed by atoms with van der Waals surface area (Å²) in [4.78, 5) is 4.39. The predicted octanol–water partition coefficient (Wildman–Crippen LogP) is 4.65. The number of hydrogen-bond acceptors (Lipinski definition) is 2. The fourth-order valence-corrected chi connectivity index (χ4v) is 3.14. The van der Waals surface area contributed by atoms with Crippen LogP contribution in [0.1, 0.15) is 24.6 Å². The first kappa shape index (κ1) is 16.5. The van der Waals surface area contributed by atoms with Crippen molar-refractivity contribution in [2.45, 2.75) is 32.2 Å². The van der Waals surface area contributed by atoms with Crippen molar-refractivity contribution in [2.24, 2.45) is 0 Å². The minimum atomic E-state index is 0.413. The summed E-state index contributed by atoms with van der Waals surface area (Å²) in [5.41, 5.74) is 2.33.